The third kappa shape index (κ3) is 11.3. The zero-order valence-corrected chi connectivity index (χ0v) is 59.4. The number of fused-ring (bicyclic) bond motifs is 4. The summed E-state index contributed by atoms with van der Waals surface area (Å²) in [6, 6.07) is 55.8. The molecule has 0 saturated carbocycles. The first-order chi connectivity index (χ1) is 42.1. The number of nitrogens with zero attached hydrogens (tertiary/aromatic N) is 4. The van der Waals surface area contributed by atoms with Gasteiger partial charge in [0, 0.05) is 27.8 Å². The van der Waals surface area contributed by atoms with E-state index in [4.69, 9.17) is 9.97 Å². The average molecular weight is 1210 g/mol. The summed E-state index contributed by atoms with van der Waals surface area (Å²) in [5.74, 6) is 1.85. The first kappa shape index (κ1) is 63.6. The highest BCUT2D eigenvalue weighted by atomic mass is 16.3. The van der Waals surface area contributed by atoms with Gasteiger partial charge in [-0.1, -0.05) is 244 Å². The van der Waals surface area contributed by atoms with Crippen LogP contribution in [0, 0.1) is 0 Å². The summed E-state index contributed by atoms with van der Waals surface area (Å²) < 4.78 is 4.82. The fourth-order valence-electron chi connectivity index (χ4n) is 14.7. The number of para-hydroxylation sites is 3. The van der Waals surface area contributed by atoms with Gasteiger partial charge in [0.25, 0.3) is 0 Å². The summed E-state index contributed by atoms with van der Waals surface area (Å²) in [5, 5.41) is 13.1. The second-order valence-electron chi connectivity index (χ2n) is 35.2. The van der Waals surface area contributed by atoms with E-state index in [9.17, 15) is 5.11 Å². The summed E-state index contributed by atoms with van der Waals surface area (Å²) in [6.07, 6.45) is 4.59. The van der Waals surface area contributed by atoms with Crippen molar-refractivity contribution in [1.82, 2.24) is 19.1 Å². The Balaban J connectivity index is 1.15. The minimum absolute atomic E-state index is 0.00693. The number of hydrogen-bond acceptors (Lipinski definition) is 3. The molecule has 472 valence electrons. The van der Waals surface area contributed by atoms with E-state index in [1.165, 1.54) is 62.1 Å². The predicted octanol–water partition coefficient (Wildman–Crippen LogP) is 23.6. The van der Waals surface area contributed by atoms with E-state index in [0.29, 0.717) is 5.82 Å². The molecule has 0 radical (unpaired) electrons. The Bertz CT molecular complexity index is 4550. The molecule has 2 heterocycles. The molecule has 0 amide bonds. The van der Waals surface area contributed by atoms with Crippen LogP contribution in [0.1, 0.15) is 235 Å². The first-order valence-electron chi connectivity index (χ1n) is 33.8. The van der Waals surface area contributed by atoms with E-state index in [1.807, 2.05) is 0 Å². The van der Waals surface area contributed by atoms with Crippen molar-refractivity contribution in [3.05, 3.63) is 196 Å². The molecule has 91 heavy (non-hydrogen) atoms. The molecule has 1 N–H and O–H groups in total. The smallest absolute Gasteiger partial charge is 0.149 e. The number of phenols is 1. The van der Waals surface area contributed by atoms with Crippen molar-refractivity contribution >= 4 is 22.1 Å². The lowest BCUT2D eigenvalue weighted by atomic mass is 9.63. The van der Waals surface area contributed by atoms with Crippen LogP contribution >= 0.6 is 0 Å². The number of hydrogen-bond donors (Lipinski definition) is 1. The van der Waals surface area contributed by atoms with Gasteiger partial charge in [0.05, 0.1) is 39.0 Å². The number of rotatable bonds is 7. The number of imidazole rings is 2. The molecule has 0 saturated heterocycles. The van der Waals surface area contributed by atoms with Crippen LogP contribution in [0.5, 0.6) is 5.75 Å². The van der Waals surface area contributed by atoms with Crippen LogP contribution in [0.15, 0.2) is 146 Å². The van der Waals surface area contributed by atoms with Gasteiger partial charge in [-0.05, 0) is 196 Å². The Morgan fingerprint density at radius 1 is 0.341 bits per heavy atom. The third-order valence-electron chi connectivity index (χ3n) is 21.2. The molecule has 0 aliphatic heterocycles. The molecule has 0 atom stereocenters. The van der Waals surface area contributed by atoms with Crippen LogP contribution in [-0.2, 0) is 48.7 Å². The molecule has 2 aromatic heterocycles. The second-order valence-corrected chi connectivity index (χ2v) is 35.2. The highest BCUT2D eigenvalue weighted by Crippen LogP contribution is 2.52. The van der Waals surface area contributed by atoms with Gasteiger partial charge < -0.3 is 5.11 Å². The monoisotopic (exact) mass is 1210 g/mol. The molecule has 0 bridgehead atoms. The second kappa shape index (κ2) is 21.3. The van der Waals surface area contributed by atoms with Crippen molar-refractivity contribution in [2.45, 2.75) is 234 Å². The maximum absolute atomic E-state index is 13.1. The van der Waals surface area contributed by atoms with Crippen molar-refractivity contribution in [2.24, 2.45) is 0 Å². The van der Waals surface area contributed by atoms with Gasteiger partial charge in [0.15, 0.2) is 0 Å². The van der Waals surface area contributed by atoms with Gasteiger partial charge in [-0.3, -0.25) is 9.13 Å². The molecule has 10 aromatic rings. The van der Waals surface area contributed by atoms with Gasteiger partial charge in [-0.15, -0.1) is 0 Å². The van der Waals surface area contributed by atoms with E-state index >= 15 is 0 Å². The molecule has 12 rings (SSSR count). The molecular formula is C86H102N4O. The summed E-state index contributed by atoms with van der Waals surface area (Å²) in [7, 11) is 0. The van der Waals surface area contributed by atoms with E-state index in [1.54, 1.807) is 0 Å². The maximum atomic E-state index is 13.1. The standard InChI is InChI=1S/C86H102N4O/c1-78(2,3)56-33-37-70(61(48-56)52-31-35-64-66(46-52)85(20,21)41-39-83(64,16)17)89-72-29-25-24-28-69(72)87-76(89)55-43-54(44-58(45-55)80(7,8)9)60-27-26-30-73-74(60)88-77(63-50-59(81(10,11)12)51-68(75(63)91)82(13,14)15)90(73)71-38-34-57(79(4,5)6)49-62(71)53-32-36-65-67(47-53)86(22,23)42-40-84(65,18)19/h24-38,43-51,91H,39-42H2,1-23H3. The molecule has 5 heteroatoms. The summed E-state index contributed by atoms with van der Waals surface area (Å²) in [6.45, 7) is 53.6. The maximum Gasteiger partial charge on any atom is 0.149 e. The van der Waals surface area contributed by atoms with Crippen molar-refractivity contribution in [3.63, 3.8) is 0 Å². The van der Waals surface area contributed by atoms with Crippen LogP contribution < -0.4 is 0 Å². The van der Waals surface area contributed by atoms with Crippen molar-refractivity contribution in [3.8, 4) is 73.3 Å². The number of benzene rings is 8. The zero-order chi connectivity index (χ0) is 65.9. The molecule has 0 fully saturated rings. The van der Waals surface area contributed by atoms with Crippen molar-refractivity contribution in [2.75, 3.05) is 0 Å². The van der Waals surface area contributed by atoms with Gasteiger partial charge in [0.1, 0.15) is 17.4 Å². The Labute approximate surface area is 545 Å². The number of aromatic hydroxyl groups is 1. The molecule has 0 spiro atoms. The minimum Gasteiger partial charge on any atom is -0.507 e. The van der Waals surface area contributed by atoms with Crippen LogP contribution in [0.25, 0.3) is 89.6 Å². The van der Waals surface area contributed by atoms with Crippen LogP contribution in [-0.4, -0.2) is 24.2 Å². The number of aromatic nitrogens is 4. The van der Waals surface area contributed by atoms with E-state index in [0.717, 1.165) is 97.5 Å². The van der Waals surface area contributed by atoms with Crippen LogP contribution in [0.4, 0.5) is 0 Å². The highest BCUT2D eigenvalue weighted by molar-refractivity contribution is 5.98. The minimum atomic E-state index is -0.365. The lowest BCUT2D eigenvalue weighted by Crippen LogP contribution is -2.33. The van der Waals surface area contributed by atoms with Crippen molar-refractivity contribution in [1.29, 1.82) is 0 Å². The largest absolute Gasteiger partial charge is 0.507 e. The Hall–Kier alpha value is -7.50. The van der Waals surface area contributed by atoms with Gasteiger partial charge in [0.2, 0.25) is 0 Å². The van der Waals surface area contributed by atoms with Gasteiger partial charge in [-0.2, -0.15) is 0 Å². The third-order valence-corrected chi connectivity index (χ3v) is 21.2. The quantitative estimate of drug-likeness (QED) is 0.173. The topological polar surface area (TPSA) is 55.9 Å². The lowest BCUT2D eigenvalue weighted by Gasteiger charge is -2.42. The van der Waals surface area contributed by atoms with E-state index < -0.39 is 0 Å². The van der Waals surface area contributed by atoms with Gasteiger partial charge in [-0.25, -0.2) is 9.97 Å². The number of phenolic OH excluding ortho intramolecular Hbond substituents is 1. The average Bonchev–Trinajstić information content (AvgIpc) is 1.71. The Morgan fingerprint density at radius 3 is 1.27 bits per heavy atom. The van der Waals surface area contributed by atoms with E-state index in [2.05, 4.69) is 314 Å². The summed E-state index contributed by atoms with van der Waals surface area (Å²) in [5.41, 5.74) is 25.2. The molecule has 5 nitrogen and oxygen atoms in total. The Morgan fingerprint density at radius 2 is 0.780 bits per heavy atom. The fourth-order valence-corrected chi connectivity index (χ4v) is 14.7. The molecule has 0 unspecified atom stereocenters. The first-order valence-corrected chi connectivity index (χ1v) is 33.8. The summed E-state index contributed by atoms with van der Waals surface area (Å²) in [4.78, 5) is 11.6. The predicted molar refractivity (Wildman–Crippen MR) is 389 cm³/mol. The van der Waals surface area contributed by atoms with Crippen LogP contribution in [0.2, 0.25) is 0 Å². The zero-order valence-electron chi connectivity index (χ0n) is 59.4. The fraction of sp³-hybridized carbons (Fsp3) is 0.419. The molecule has 2 aliphatic carbocycles. The van der Waals surface area contributed by atoms with Gasteiger partial charge >= 0.3 is 0 Å². The summed E-state index contributed by atoms with van der Waals surface area (Å²) >= 11 is 0. The SMILES string of the molecule is CC(C)(C)c1cc(-c2cccc3c2nc(-c2cc(C(C)(C)C)cc(C(C)(C)C)c2O)n3-c2ccc(C(C)(C)C)cc2-c2ccc3c(c2)C(C)(C)CCC3(C)C)cc(-c2nc3ccccc3n2-c2ccc(C(C)(C)C)cc2-c2ccc3c(c2)C(C)(C)CCC3(C)C)c1. The Kier molecular flexibility index (Phi) is 14.9. The normalized spacial score (nSPS) is 16.5. The van der Waals surface area contributed by atoms with Crippen LogP contribution in [0.3, 0.4) is 0 Å². The van der Waals surface area contributed by atoms with Crippen molar-refractivity contribution < 1.29 is 5.11 Å². The molecular weight excluding hydrogens is 1100 g/mol. The molecule has 8 aromatic carbocycles. The van der Waals surface area contributed by atoms with E-state index in [-0.39, 0.29) is 54.5 Å². The highest BCUT2D eigenvalue weighted by Gasteiger charge is 2.40. The molecule has 2 aliphatic rings. The lowest BCUT2D eigenvalue weighted by molar-refractivity contribution is 0.332.